The molecular formula is C25H35N3O2S. The Morgan fingerprint density at radius 2 is 1.97 bits per heavy atom. The molecule has 0 saturated carbocycles. The molecule has 6 heteroatoms. The Labute approximate surface area is 190 Å². The van der Waals surface area contributed by atoms with E-state index in [4.69, 9.17) is 0 Å². The van der Waals surface area contributed by atoms with Gasteiger partial charge >= 0.3 is 0 Å². The lowest BCUT2D eigenvalue weighted by Gasteiger charge is -2.45. The summed E-state index contributed by atoms with van der Waals surface area (Å²) in [4.78, 5) is 29.6. The molecule has 0 spiro atoms. The van der Waals surface area contributed by atoms with E-state index < -0.39 is 0 Å². The lowest BCUT2D eigenvalue weighted by molar-refractivity contribution is -0.119. The Kier molecular flexibility index (Phi) is 7.65. The Morgan fingerprint density at radius 1 is 1.26 bits per heavy atom. The van der Waals surface area contributed by atoms with E-state index in [2.05, 4.69) is 55.4 Å². The number of fused-ring (bicyclic) bond motifs is 3. The second-order valence-corrected chi connectivity index (χ2v) is 10.4. The van der Waals surface area contributed by atoms with Gasteiger partial charge in [-0.05, 0) is 73.4 Å². The maximum absolute atomic E-state index is 13.1. The largest absolute Gasteiger partial charge is 0.349 e. The first kappa shape index (κ1) is 23.6. The van der Waals surface area contributed by atoms with Crippen molar-refractivity contribution in [2.75, 3.05) is 37.8 Å². The van der Waals surface area contributed by atoms with Crippen molar-refractivity contribution in [3.05, 3.63) is 47.7 Å². The lowest BCUT2D eigenvalue weighted by atomic mass is 9.84. The number of allylic oxidation sites excluding steroid dienone is 1. The van der Waals surface area contributed by atoms with Crippen molar-refractivity contribution in [3.8, 4) is 0 Å². The first-order valence-electron chi connectivity index (χ1n) is 11.0. The summed E-state index contributed by atoms with van der Waals surface area (Å²) in [5.41, 5.74) is 2.87. The molecule has 1 unspecified atom stereocenters. The van der Waals surface area contributed by atoms with Gasteiger partial charge in [-0.3, -0.25) is 9.59 Å². The van der Waals surface area contributed by atoms with Gasteiger partial charge in [-0.15, -0.1) is 11.8 Å². The molecule has 1 aromatic carbocycles. The van der Waals surface area contributed by atoms with E-state index in [1.807, 2.05) is 18.1 Å². The molecule has 3 heterocycles. The van der Waals surface area contributed by atoms with Crippen LogP contribution in [0.15, 0.2) is 47.0 Å². The maximum atomic E-state index is 13.1. The number of amides is 1. The first-order valence-corrected chi connectivity index (χ1v) is 12.2. The highest BCUT2D eigenvalue weighted by Gasteiger charge is 2.35. The van der Waals surface area contributed by atoms with Crippen molar-refractivity contribution in [1.82, 2.24) is 10.2 Å². The zero-order valence-electron chi connectivity index (χ0n) is 19.4. The van der Waals surface area contributed by atoms with Gasteiger partial charge < -0.3 is 15.1 Å². The average molecular weight is 442 g/mol. The zero-order chi connectivity index (χ0) is 22.6. The van der Waals surface area contributed by atoms with Crippen LogP contribution in [0.3, 0.4) is 0 Å². The quantitative estimate of drug-likeness (QED) is 0.300. The van der Waals surface area contributed by atoms with Gasteiger partial charge in [0.15, 0.2) is 0 Å². The normalized spacial score (nSPS) is 23.8. The molecule has 3 aliphatic heterocycles. The molecule has 1 aromatic rings. The molecule has 31 heavy (non-hydrogen) atoms. The molecule has 3 saturated heterocycles. The van der Waals surface area contributed by atoms with Crippen molar-refractivity contribution >= 4 is 29.6 Å². The fourth-order valence-electron chi connectivity index (χ4n) is 4.41. The standard InChI is InChI=1S/C25H35N3O2S/c1-25(2,3)20-8-9-22(23(15-20)31-5)27(4)16-19(7-6-14-29)24(30)26-21-17-28-12-10-18(21)11-13-28/h6-9,14-16,18,21H,10-13,17H2,1-5H3,(H,26,30)/b7-6-,19-16+. The van der Waals surface area contributed by atoms with Crippen molar-refractivity contribution in [2.24, 2.45) is 5.92 Å². The Balaban J connectivity index is 1.83. The van der Waals surface area contributed by atoms with E-state index in [1.165, 1.54) is 11.6 Å². The number of carbonyl (C=O) groups excluding carboxylic acids is 2. The van der Waals surface area contributed by atoms with E-state index in [1.54, 1.807) is 17.8 Å². The first-order chi connectivity index (χ1) is 14.7. The monoisotopic (exact) mass is 441 g/mol. The molecule has 4 rings (SSSR count). The van der Waals surface area contributed by atoms with Gasteiger partial charge in [-0.25, -0.2) is 0 Å². The highest BCUT2D eigenvalue weighted by Crippen LogP contribution is 2.34. The van der Waals surface area contributed by atoms with Crippen LogP contribution >= 0.6 is 11.8 Å². The van der Waals surface area contributed by atoms with Crippen LogP contribution in [0.1, 0.15) is 39.2 Å². The zero-order valence-corrected chi connectivity index (χ0v) is 20.2. The molecule has 3 fully saturated rings. The molecule has 168 valence electrons. The van der Waals surface area contributed by atoms with Crippen LogP contribution < -0.4 is 10.2 Å². The minimum atomic E-state index is -0.124. The van der Waals surface area contributed by atoms with Gasteiger partial charge in [0.1, 0.15) is 6.29 Å². The number of thioether (sulfide) groups is 1. The molecule has 0 aromatic heterocycles. The number of nitrogens with zero attached hydrogens (tertiary/aromatic N) is 2. The lowest BCUT2D eigenvalue weighted by Crippen LogP contribution is -2.57. The van der Waals surface area contributed by atoms with Crippen molar-refractivity contribution in [3.63, 3.8) is 0 Å². The molecular weight excluding hydrogens is 406 g/mol. The molecule has 5 nitrogen and oxygen atoms in total. The maximum Gasteiger partial charge on any atom is 0.253 e. The predicted molar refractivity (Wildman–Crippen MR) is 130 cm³/mol. The number of anilines is 1. The Bertz CT molecular complexity index is 864. The molecule has 1 amide bonds. The van der Waals surface area contributed by atoms with Gasteiger partial charge in [0.05, 0.1) is 11.3 Å². The highest BCUT2D eigenvalue weighted by atomic mass is 32.2. The highest BCUT2D eigenvalue weighted by molar-refractivity contribution is 7.98. The molecule has 0 aliphatic carbocycles. The van der Waals surface area contributed by atoms with E-state index in [0.29, 0.717) is 17.8 Å². The van der Waals surface area contributed by atoms with Crippen molar-refractivity contribution < 1.29 is 9.59 Å². The number of hydrogen-bond acceptors (Lipinski definition) is 5. The number of nitrogens with one attached hydrogen (secondary N) is 1. The van der Waals surface area contributed by atoms with Crippen LogP contribution in [0.4, 0.5) is 5.69 Å². The van der Waals surface area contributed by atoms with Gasteiger partial charge in [0.2, 0.25) is 0 Å². The van der Waals surface area contributed by atoms with Crippen LogP contribution in [0, 0.1) is 5.92 Å². The molecule has 1 atom stereocenters. The molecule has 3 aliphatic rings. The second kappa shape index (κ2) is 10.0. The number of benzene rings is 1. The van der Waals surface area contributed by atoms with Gasteiger partial charge in [-0.1, -0.05) is 26.8 Å². The third kappa shape index (κ3) is 5.80. The SMILES string of the molecule is CSc1cc(C(C)(C)C)ccc1N(C)/C=C(\C=C/C=O)C(=O)NC1CN2CCC1CC2. The number of piperidine rings is 3. The summed E-state index contributed by atoms with van der Waals surface area (Å²) in [6.07, 6.45) is 9.87. The fraction of sp³-hybridized carbons (Fsp3) is 0.520. The number of aldehydes is 1. The summed E-state index contributed by atoms with van der Waals surface area (Å²) in [5, 5.41) is 3.23. The third-order valence-corrected chi connectivity index (χ3v) is 7.11. The molecule has 1 N–H and O–H groups in total. The van der Waals surface area contributed by atoms with Crippen LogP contribution in [-0.4, -0.2) is 56.1 Å². The average Bonchev–Trinajstić information content (AvgIpc) is 2.76. The molecule has 0 radical (unpaired) electrons. The Hall–Kier alpha value is -2.05. The van der Waals surface area contributed by atoms with Crippen LogP contribution in [0.5, 0.6) is 0 Å². The Morgan fingerprint density at radius 3 is 2.52 bits per heavy atom. The summed E-state index contributed by atoms with van der Waals surface area (Å²) < 4.78 is 0. The summed E-state index contributed by atoms with van der Waals surface area (Å²) in [5.74, 6) is 0.428. The smallest absolute Gasteiger partial charge is 0.253 e. The van der Waals surface area contributed by atoms with Crippen molar-refractivity contribution in [2.45, 2.75) is 50.0 Å². The molecule has 2 bridgehead atoms. The van der Waals surface area contributed by atoms with Gasteiger partial charge in [0.25, 0.3) is 5.91 Å². The third-order valence-electron chi connectivity index (χ3n) is 6.35. The summed E-state index contributed by atoms with van der Waals surface area (Å²) in [7, 11) is 1.95. The van der Waals surface area contributed by atoms with Crippen LogP contribution in [-0.2, 0) is 15.0 Å². The summed E-state index contributed by atoms with van der Waals surface area (Å²) >= 11 is 1.69. The van der Waals surface area contributed by atoms with Crippen molar-refractivity contribution in [1.29, 1.82) is 0 Å². The number of hydrogen-bond donors (Lipinski definition) is 1. The fourth-order valence-corrected chi connectivity index (χ4v) is 5.08. The van der Waals surface area contributed by atoms with Gasteiger partial charge in [0, 0.05) is 30.7 Å². The minimum absolute atomic E-state index is 0.0740. The summed E-state index contributed by atoms with van der Waals surface area (Å²) in [6.45, 7) is 9.80. The second-order valence-electron chi connectivity index (χ2n) is 9.55. The van der Waals surface area contributed by atoms with E-state index in [-0.39, 0.29) is 17.4 Å². The van der Waals surface area contributed by atoms with E-state index in [0.717, 1.165) is 43.1 Å². The minimum Gasteiger partial charge on any atom is -0.349 e. The predicted octanol–water partition coefficient (Wildman–Crippen LogP) is 3.99. The summed E-state index contributed by atoms with van der Waals surface area (Å²) in [6, 6.07) is 6.66. The van der Waals surface area contributed by atoms with Gasteiger partial charge in [-0.2, -0.15) is 0 Å². The topological polar surface area (TPSA) is 52.7 Å². The van der Waals surface area contributed by atoms with Crippen LogP contribution in [0.25, 0.3) is 0 Å². The van der Waals surface area contributed by atoms with E-state index in [9.17, 15) is 9.59 Å². The number of rotatable bonds is 7. The van der Waals surface area contributed by atoms with E-state index >= 15 is 0 Å². The van der Waals surface area contributed by atoms with Crippen LogP contribution in [0.2, 0.25) is 0 Å². The number of carbonyl (C=O) groups is 2.